The molecule has 0 saturated carbocycles. The van der Waals surface area contributed by atoms with Crippen LogP contribution in [0.2, 0.25) is 0 Å². The van der Waals surface area contributed by atoms with Crippen molar-refractivity contribution in [1.82, 2.24) is 15.4 Å². The third-order valence-electron chi connectivity index (χ3n) is 3.90. The van der Waals surface area contributed by atoms with Crippen LogP contribution in [-0.2, 0) is 21.4 Å². The lowest BCUT2D eigenvalue weighted by atomic mass is 10.2. The molecule has 29 heavy (non-hydrogen) atoms. The molecule has 0 bridgehead atoms. The second kappa shape index (κ2) is 10.0. The maximum atomic E-state index is 12.2. The number of methoxy groups -OCH3 is 1. The number of carbonyl (C=O) groups excluding carboxylic acids is 2. The predicted molar refractivity (Wildman–Crippen MR) is 109 cm³/mol. The molecular weight excluding hydrogens is 394 g/mol. The molecule has 2 rings (SSSR count). The summed E-state index contributed by atoms with van der Waals surface area (Å²) < 4.78 is 31.9. The van der Waals surface area contributed by atoms with E-state index in [0.717, 1.165) is 5.56 Å². The fourth-order valence-corrected chi connectivity index (χ4v) is 3.78. The molecule has 0 heterocycles. The molecule has 0 saturated heterocycles. The van der Waals surface area contributed by atoms with Gasteiger partial charge in [-0.3, -0.25) is 9.59 Å². The van der Waals surface area contributed by atoms with Gasteiger partial charge in [0.15, 0.2) is 0 Å². The van der Waals surface area contributed by atoms with Crippen LogP contribution >= 0.6 is 0 Å². The molecule has 0 atom stereocenters. The molecule has 0 aliphatic rings. The Morgan fingerprint density at radius 3 is 2.28 bits per heavy atom. The number of ether oxygens (including phenoxy) is 1. The first kappa shape index (κ1) is 22.4. The second-order valence-electron chi connectivity index (χ2n) is 6.57. The summed E-state index contributed by atoms with van der Waals surface area (Å²) in [5.41, 5.74) is 1.08. The summed E-state index contributed by atoms with van der Waals surface area (Å²) in [7, 11) is -2.07. The molecule has 156 valence electrons. The molecule has 0 unspecified atom stereocenters. The maximum Gasteiger partial charge on any atom is 0.251 e. The third kappa shape index (κ3) is 6.58. The van der Waals surface area contributed by atoms with E-state index < -0.39 is 15.9 Å². The predicted octanol–water partition coefficient (Wildman–Crippen LogP) is 1.43. The van der Waals surface area contributed by atoms with E-state index in [4.69, 9.17) is 4.74 Å². The monoisotopic (exact) mass is 419 g/mol. The van der Waals surface area contributed by atoms with Crippen LogP contribution < -0.4 is 20.1 Å². The summed E-state index contributed by atoms with van der Waals surface area (Å²) in [4.78, 5) is 24.2. The average Bonchev–Trinajstić information content (AvgIpc) is 2.69. The fourth-order valence-electron chi connectivity index (χ4n) is 2.53. The van der Waals surface area contributed by atoms with Crippen LogP contribution in [0.1, 0.15) is 29.8 Å². The highest BCUT2D eigenvalue weighted by molar-refractivity contribution is 7.89. The van der Waals surface area contributed by atoms with E-state index in [2.05, 4.69) is 15.4 Å². The maximum absolute atomic E-state index is 12.2. The molecule has 0 spiro atoms. The molecule has 0 radical (unpaired) electrons. The zero-order valence-corrected chi connectivity index (χ0v) is 17.4. The molecule has 0 aliphatic heterocycles. The number of para-hydroxylation sites is 1. The first-order chi connectivity index (χ1) is 13.7. The Morgan fingerprint density at radius 2 is 1.66 bits per heavy atom. The summed E-state index contributed by atoms with van der Waals surface area (Å²) in [6, 6.07) is 12.6. The van der Waals surface area contributed by atoms with E-state index in [1.165, 1.54) is 24.3 Å². The van der Waals surface area contributed by atoms with E-state index >= 15 is 0 Å². The van der Waals surface area contributed by atoms with Gasteiger partial charge in [-0.05, 0) is 44.2 Å². The minimum Gasteiger partial charge on any atom is -0.496 e. The smallest absolute Gasteiger partial charge is 0.251 e. The number of amides is 2. The first-order valence-electron chi connectivity index (χ1n) is 9.02. The number of sulfonamides is 1. The summed E-state index contributed by atoms with van der Waals surface area (Å²) >= 11 is 0. The van der Waals surface area contributed by atoms with Crippen molar-refractivity contribution in [1.29, 1.82) is 0 Å². The van der Waals surface area contributed by atoms with Crippen LogP contribution in [0, 0.1) is 0 Å². The number of rotatable bonds is 9. The van der Waals surface area contributed by atoms with Crippen molar-refractivity contribution in [2.24, 2.45) is 0 Å². The lowest BCUT2D eigenvalue weighted by Gasteiger charge is -2.11. The van der Waals surface area contributed by atoms with Crippen LogP contribution in [0.3, 0.4) is 0 Å². The minimum absolute atomic E-state index is 0.0669. The van der Waals surface area contributed by atoms with Gasteiger partial charge in [0, 0.05) is 23.7 Å². The Labute approximate surface area is 170 Å². The normalized spacial score (nSPS) is 11.2. The van der Waals surface area contributed by atoms with Crippen molar-refractivity contribution in [3.8, 4) is 5.75 Å². The van der Waals surface area contributed by atoms with E-state index in [-0.39, 0.29) is 35.5 Å². The number of nitrogens with one attached hydrogen (secondary N) is 3. The van der Waals surface area contributed by atoms with Gasteiger partial charge in [0.25, 0.3) is 5.91 Å². The van der Waals surface area contributed by atoms with Crippen LogP contribution in [0.25, 0.3) is 0 Å². The Morgan fingerprint density at radius 1 is 1.00 bits per heavy atom. The van der Waals surface area contributed by atoms with Gasteiger partial charge in [0.2, 0.25) is 15.9 Å². The largest absolute Gasteiger partial charge is 0.496 e. The third-order valence-corrected chi connectivity index (χ3v) is 5.57. The highest BCUT2D eigenvalue weighted by Crippen LogP contribution is 2.16. The number of hydrogen-bond donors (Lipinski definition) is 3. The average molecular weight is 420 g/mol. The van der Waals surface area contributed by atoms with Crippen LogP contribution in [-0.4, -0.2) is 39.9 Å². The molecule has 0 aliphatic carbocycles. The molecule has 2 amide bonds. The molecule has 2 aromatic carbocycles. The Balaban J connectivity index is 1.88. The Hall–Kier alpha value is -2.91. The molecular formula is C20H25N3O5S. The summed E-state index contributed by atoms with van der Waals surface area (Å²) in [5, 5.41) is 5.21. The number of hydrogen-bond acceptors (Lipinski definition) is 5. The van der Waals surface area contributed by atoms with E-state index in [1.807, 2.05) is 18.2 Å². The molecule has 0 aromatic heterocycles. The van der Waals surface area contributed by atoms with Gasteiger partial charge >= 0.3 is 0 Å². The lowest BCUT2D eigenvalue weighted by Crippen LogP contribution is -2.36. The zero-order valence-electron chi connectivity index (χ0n) is 16.6. The van der Waals surface area contributed by atoms with Gasteiger partial charge in [0.05, 0.1) is 18.6 Å². The van der Waals surface area contributed by atoms with Crippen LogP contribution in [0.4, 0.5) is 0 Å². The van der Waals surface area contributed by atoms with E-state index in [9.17, 15) is 18.0 Å². The Bertz CT molecular complexity index is 956. The quantitative estimate of drug-likeness (QED) is 0.569. The van der Waals surface area contributed by atoms with E-state index in [1.54, 1.807) is 27.0 Å². The van der Waals surface area contributed by atoms with Gasteiger partial charge in [0.1, 0.15) is 5.75 Å². The van der Waals surface area contributed by atoms with Gasteiger partial charge in [-0.1, -0.05) is 18.2 Å². The van der Waals surface area contributed by atoms with Crippen molar-refractivity contribution < 1.29 is 22.7 Å². The molecule has 8 nitrogen and oxygen atoms in total. The lowest BCUT2D eigenvalue weighted by molar-refractivity contribution is -0.120. The summed E-state index contributed by atoms with van der Waals surface area (Å²) in [6.07, 6.45) is 0. The van der Waals surface area contributed by atoms with Gasteiger partial charge < -0.3 is 15.4 Å². The van der Waals surface area contributed by atoms with Crippen molar-refractivity contribution in [3.05, 3.63) is 59.7 Å². The standard InChI is InChI=1S/C20H25N3O5S/c1-14(2)23-29(26,27)17-10-8-15(9-11-17)20(25)22-13-19(24)21-12-16-6-4-5-7-18(16)28-3/h4-11,14,23H,12-13H2,1-3H3,(H,21,24)(H,22,25). The molecule has 3 N–H and O–H groups in total. The Kier molecular flexibility index (Phi) is 7.74. The van der Waals surface area contributed by atoms with Crippen molar-refractivity contribution >= 4 is 21.8 Å². The summed E-state index contributed by atoms with van der Waals surface area (Å²) in [6.45, 7) is 3.51. The van der Waals surface area contributed by atoms with Crippen LogP contribution in [0.5, 0.6) is 5.75 Å². The first-order valence-corrected chi connectivity index (χ1v) is 10.5. The topological polar surface area (TPSA) is 114 Å². The number of benzene rings is 2. The van der Waals surface area contributed by atoms with Crippen LogP contribution in [0.15, 0.2) is 53.4 Å². The highest BCUT2D eigenvalue weighted by Gasteiger charge is 2.16. The molecule has 9 heteroatoms. The van der Waals surface area contributed by atoms with Crippen molar-refractivity contribution in [2.75, 3.05) is 13.7 Å². The second-order valence-corrected chi connectivity index (χ2v) is 8.29. The van der Waals surface area contributed by atoms with E-state index in [0.29, 0.717) is 5.75 Å². The molecule has 2 aromatic rings. The summed E-state index contributed by atoms with van der Waals surface area (Å²) in [5.74, 6) is -0.165. The van der Waals surface area contributed by atoms with Gasteiger partial charge in [-0.15, -0.1) is 0 Å². The van der Waals surface area contributed by atoms with Crippen molar-refractivity contribution in [2.45, 2.75) is 31.3 Å². The number of carbonyl (C=O) groups is 2. The van der Waals surface area contributed by atoms with Gasteiger partial charge in [-0.25, -0.2) is 13.1 Å². The van der Waals surface area contributed by atoms with Crippen molar-refractivity contribution in [3.63, 3.8) is 0 Å². The fraction of sp³-hybridized carbons (Fsp3) is 0.300. The molecule has 0 fully saturated rings. The zero-order chi connectivity index (χ0) is 21.4. The van der Waals surface area contributed by atoms with Gasteiger partial charge in [-0.2, -0.15) is 0 Å². The SMILES string of the molecule is COc1ccccc1CNC(=O)CNC(=O)c1ccc(S(=O)(=O)NC(C)C)cc1. The minimum atomic E-state index is -3.62. The highest BCUT2D eigenvalue weighted by atomic mass is 32.2.